The summed E-state index contributed by atoms with van der Waals surface area (Å²) in [5.74, 6) is 0.844. The number of rotatable bonds is 4. The zero-order valence-corrected chi connectivity index (χ0v) is 13.6. The Kier molecular flexibility index (Phi) is 3.89. The second kappa shape index (κ2) is 6.34. The van der Waals surface area contributed by atoms with Crippen molar-refractivity contribution >= 4 is 11.6 Å². The molecule has 5 heteroatoms. The lowest BCUT2D eigenvalue weighted by Gasteiger charge is -2.22. The molecule has 0 saturated carbocycles. The normalized spacial score (nSPS) is 12.2. The van der Waals surface area contributed by atoms with Crippen LogP contribution in [0.1, 0.15) is 17.2 Å². The first-order chi connectivity index (χ1) is 11.8. The molecule has 0 fully saturated rings. The van der Waals surface area contributed by atoms with Gasteiger partial charge in [-0.05, 0) is 23.3 Å². The van der Waals surface area contributed by atoms with Crippen LogP contribution in [0, 0.1) is 0 Å². The SMILES string of the molecule is Clc1ccc(C(c2ccccc2)n2ccnc2-c2cnc[nH]2)cc1. The molecule has 0 saturated heterocycles. The van der Waals surface area contributed by atoms with E-state index in [1.807, 2.05) is 42.7 Å². The summed E-state index contributed by atoms with van der Waals surface area (Å²) < 4.78 is 2.14. The third-order valence-corrected chi connectivity index (χ3v) is 4.24. The van der Waals surface area contributed by atoms with Gasteiger partial charge in [0.1, 0.15) is 5.69 Å². The van der Waals surface area contributed by atoms with Crippen molar-refractivity contribution in [3.8, 4) is 11.5 Å². The van der Waals surface area contributed by atoms with Gasteiger partial charge in [0.05, 0.1) is 18.6 Å². The molecule has 4 nitrogen and oxygen atoms in total. The van der Waals surface area contributed by atoms with Gasteiger partial charge < -0.3 is 9.55 Å². The van der Waals surface area contributed by atoms with Crippen LogP contribution in [0.15, 0.2) is 79.5 Å². The molecule has 1 atom stereocenters. The van der Waals surface area contributed by atoms with Gasteiger partial charge in [-0.3, -0.25) is 0 Å². The van der Waals surface area contributed by atoms with Gasteiger partial charge in [0.25, 0.3) is 0 Å². The highest BCUT2D eigenvalue weighted by Gasteiger charge is 2.20. The molecule has 0 bridgehead atoms. The van der Waals surface area contributed by atoms with E-state index in [-0.39, 0.29) is 6.04 Å². The van der Waals surface area contributed by atoms with Gasteiger partial charge in [-0.15, -0.1) is 0 Å². The van der Waals surface area contributed by atoms with Crippen molar-refractivity contribution in [3.05, 3.63) is 95.7 Å². The summed E-state index contributed by atoms with van der Waals surface area (Å²) in [5.41, 5.74) is 3.21. The second-order valence-electron chi connectivity index (χ2n) is 5.49. The van der Waals surface area contributed by atoms with Crippen LogP contribution >= 0.6 is 11.6 Å². The molecule has 118 valence electrons. The van der Waals surface area contributed by atoms with Crippen LogP contribution in [0.4, 0.5) is 0 Å². The van der Waals surface area contributed by atoms with Crippen LogP contribution < -0.4 is 0 Å². The summed E-state index contributed by atoms with van der Waals surface area (Å²) in [6, 6.07) is 18.3. The lowest BCUT2D eigenvalue weighted by atomic mass is 9.98. The fraction of sp³-hybridized carbons (Fsp3) is 0.0526. The molecule has 0 radical (unpaired) electrons. The Balaban J connectivity index is 1.88. The maximum Gasteiger partial charge on any atom is 0.158 e. The molecule has 2 aromatic heterocycles. The molecular weight excluding hydrogens is 320 g/mol. The van der Waals surface area contributed by atoms with Crippen LogP contribution in [-0.4, -0.2) is 19.5 Å². The third-order valence-electron chi connectivity index (χ3n) is 3.99. The average molecular weight is 335 g/mol. The van der Waals surface area contributed by atoms with E-state index < -0.39 is 0 Å². The number of nitrogens with zero attached hydrogens (tertiary/aromatic N) is 3. The summed E-state index contributed by atoms with van der Waals surface area (Å²) in [7, 11) is 0. The van der Waals surface area contributed by atoms with E-state index in [1.165, 1.54) is 5.56 Å². The molecule has 4 rings (SSSR count). The summed E-state index contributed by atoms with van der Waals surface area (Å²) in [6.07, 6.45) is 7.24. The minimum Gasteiger partial charge on any atom is -0.342 e. The Morgan fingerprint density at radius 1 is 0.958 bits per heavy atom. The number of nitrogens with one attached hydrogen (secondary N) is 1. The fourth-order valence-electron chi connectivity index (χ4n) is 2.90. The van der Waals surface area contributed by atoms with E-state index >= 15 is 0 Å². The fourth-order valence-corrected chi connectivity index (χ4v) is 3.03. The standard InChI is InChI=1S/C19H15ClN4/c20-16-8-6-15(7-9-16)18(14-4-2-1-3-5-14)24-11-10-22-19(24)17-12-21-13-23-17/h1-13,18H,(H,21,23). The zero-order chi connectivity index (χ0) is 16.4. The Labute approximate surface area is 144 Å². The Morgan fingerprint density at radius 2 is 1.71 bits per heavy atom. The van der Waals surface area contributed by atoms with Gasteiger partial charge in [0.2, 0.25) is 0 Å². The molecule has 4 aromatic rings. The molecule has 0 aliphatic rings. The highest BCUT2D eigenvalue weighted by Crippen LogP contribution is 2.31. The molecule has 1 unspecified atom stereocenters. The molecule has 24 heavy (non-hydrogen) atoms. The van der Waals surface area contributed by atoms with Crippen molar-refractivity contribution in [2.75, 3.05) is 0 Å². The minimum atomic E-state index is 0.00395. The summed E-state index contributed by atoms with van der Waals surface area (Å²) in [6.45, 7) is 0. The number of aromatic nitrogens is 4. The number of benzene rings is 2. The summed E-state index contributed by atoms with van der Waals surface area (Å²) in [5, 5.41) is 0.727. The molecular formula is C19H15ClN4. The van der Waals surface area contributed by atoms with E-state index in [0.717, 1.165) is 22.1 Å². The van der Waals surface area contributed by atoms with E-state index in [4.69, 9.17) is 11.6 Å². The smallest absolute Gasteiger partial charge is 0.158 e. The lowest BCUT2D eigenvalue weighted by Crippen LogP contribution is -2.13. The number of aromatic amines is 1. The van der Waals surface area contributed by atoms with Crippen molar-refractivity contribution in [2.45, 2.75) is 6.04 Å². The van der Waals surface area contributed by atoms with Gasteiger partial charge >= 0.3 is 0 Å². The van der Waals surface area contributed by atoms with Crippen LogP contribution in [0.2, 0.25) is 5.02 Å². The Morgan fingerprint density at radius 3 is 2.42 bits per heavy atom. The molecule has 0 aliphatic heterocycles. The van der Waals surface area contributed by atoms with Gasteiger partial charge in [-0.1, -0.05) is 54.1 Å². The summed E-state index contributed by atoms with van der Waals surface area (Å²) >= 11 is 6.07. The molecule has 2 aromatic carbocycles. The number of imidazole rings is 2. The quantitative estimate of drug-likeness (QED) is 0.594. The van der Waals surface area contributed by atoms with E-state index in [2.05, 4.69) is 43.8 Å². The number of hydrogen-bond donors (Lipinski definition) is 1. The molecule has 0 spiro atoms. The van der Waals surface area contributed by atoms with E-state index in [0.29, 0.717) is 0 Å². The van der Waals surface area contributed by atoms with Crippen LogP contribution in [0.3, 0.4) is 0 Å². The zero-order valence-electron chi connectivity index (χ0n) is 12.8. The Bertz CT molecular complexity index is 912. The largest absolute Gasteiger partial charge is 0.342 e. The van der Waals surface area contributed by atoms with E-state index in [1.54, 1.807) is 12.5 Å². The third kappa shape index (κ3) is 2.72. The van der Waals surface area contributed by atoms with Gasteiger partial charge in [-0.25, -0.2) is 9.97 Å². The van der Waals surface area contributed by atoms with Crippen molar-refractivity contribution < 1.29 is 0 Å². The topological polar surface area (TPSA) is 46.5 Å². The van der Waals surface area contributed by atoms with Crippen molar-refractivity contribution in [2.24, 2.45) is 0 Å². The van der Waals surface area contributed by atoms with Crippen LogP contribution in [-0.2, 0) is 0 Å². The van der Waals surface area contributed by atoms with E-state index in [9.17, 15) is 0 Å². The number of hydrogen-bond acceptors (Lipinski definition) is 2. The molecule has 2 heterocycles. The first kappa shape index (κ1) is 14.7. The minimum absolute atomic E-state index is 0.00395. The van der Waals surface area contributed by atoms with Gasteiger partial charge in [0, 0.05) is 17.4 Å². The van der Waals surface area contributed by atoms with Crippen molar-refractivity contribution in [3.63, 3.8) is 0 Å². The Hall–Kier alpha value is -2.85. The highest BCUT2D eigenvalue weighted by molar-refractivity contribution is 6.30. The van der Waals surface area contributed by atoms with Crippen LogP contribution in [0.5, 0.6) is 0 Å². The maximum absolute atomic E-state index is 6.07. The predicted octanol–water partition coefficient (Wildman–Crippen LogP) is 4.56. The van der Waals surface area contributed by atoms with Gasteiger partial charge in [0.15, 0.2) is 5.82 Å². The monoisotopic (exact) mass is 334 g/mol. The average Bonchev–Trinajstić information content (AvgIpc) is 3.29. The van der Waals surface area contributed by atoms with Gasteiger partial charge in [-0.2, -0.15) is 0 Å². The van der Waals surface area contributed by atoms with Crippen molar-refractivity contribution in [1.29, 1.82) is 0 Å². The number of H-pyrrole nitrogens is 1. The van der Waals surface area contributed by atoms with Crippen molar-refractivity contribution in [1.82, 2.24) is 19.5 Å². The second-order valence-corrected chi connectivity index (χ2v) is 5.92. The first-order valence-corrected chi connectivity index (χ1v) is 8.03. The lowest BCUT2D eigenvalue weighted by molar-refractivity contribution is 0.683. The van der Waals surface area contributed by atoms with Crippen LogP contribution in [0.25, 0.3) is 11.5 Å². The molecule has 1 N–H and O–H groups in total. The summed E-state index contributed by atoms with van der Waals surface area (Å²) in [4.78, 5) is 11.8. The maximum atomic E-state index is 6.07. The molecule has 0 amide bonds. The molecule has 0 aliphatic carbocycles. The predicted molar refractivity (Wildman–Crippen MR) is 94.9 cm³/mol. The first-order valence-electron chi connectivity index (χ1n) is 7.65. The highest BCUT2D eigenvalue weighted by atomic mass is 35.5. The number of halogens is 1.